The molecule has 3 N–H and O–H groups in total. The van der Waals surface area contributed by atoms with E-state index in [9.17, 15) is 0 Å². The molecule has 0 aliphatic heterocycles. The second kappa shape index (κ2) is 4.14. The van der Waals surface area contributed by atoms with Gasteiger partial charge in [-0.15, -0.1) is 0 Å². The van der Waals surface area contributed by atoms with E-state index in [4.69, 9.17) is 22.4 Å². The van der Waals surface area contributed by atoms with Gasteiger partial charge in [-0.3, -0.25) is 4.40 Å². The Morgan fingerprint density at radius 3 is 3.13 bits per heavy atom. The summed E-state index contributed by atoms with van der Waals surface area (Å²) in [5, 5.41) is 9.28. The maximum atomic E-state index is 8.77. The summed E-state index contributed by atoms with van der Waals surface area (Å²) in [5.41, 5.74) is 6.52. The van der Waals surface area contributed by atoms with Crippen LogP contribution in [0.3, 0.4) is 0 Å². The van der Waals surface area contributed by atoms with Crippen LogP contribution in [-0.4, -0.2) is 26.1 Å². The summed E-state index contributed by atoms with van der Waals surface area (Å²) < 4.78 is 1.66. The number of halogens is 1. The van der Waals surface area contributed by atoms with Gasteiger partial charge in [-0.05, 0) is 12.5 Å². The summed E-state index contributed by atoms with van der Waals surface area (Å²) in [6.07, 6.45) is 3.78. The molecule has 0 aromatic carbocycles. The van der Waals surface area contributed by atoms with Crippen molar-refractivity contribution >= 4 is 17.4 Å². The van der Waals surface area contributed by atoms with Crippen molar-refractivity contribution in [2.75, 3.05) is 6.61 Å². The molecule has 2 aromatic rings. The first kappa shape index (κ1) is 10.4. The van der Waals surface area contributed by atoms with Crippen LogP contribution in [0.5, 0.6) is 0 Å². The zero-order valence-corrected chi connectivity index (χ0v) is 8.72. The Kier molecular flexibility index (Phi) is 2.86. The van der Waals surface area contributed by atoms with Crippen LogP contribution in [0.4, 0.5) is 0 Å². The van der Waals surface area contributed by atoms with E-state index in [0.717, 1.165) is 0 Å². The molecule has 15 heavy (non-hydrogen) atoms. The molecule has 2 aromatic heterocycles. The van der Waals surface area contributed by atoms with Gasteiger partial charge in [-0.1, -0.05) is 11.6 Å². The number of aromatic nitrogens is 3. The Bertz CT molecular complexity index is 470. The number of rotatable bonds is 3. The lowest BCUT2D eigenvalue weighted by molar-refractivity contribution is 0.275. The SMILES string of the molecule is NC(CCO)c1ccn2c(Cl)cnc2n1. The lowest BCUT2D eigenvalue weighted by atomic mass is 10.1. The highest BCUT2D eigenvalue weighted by Gasteiger charge is 2.09. The van der Waals surface area contributed by atoms with Gasteiger partial charge in [-0.2, -0.15) is 0 Å². The van der Waals surface area contributed by atoms with Crippen LogP contribution in [-0.2, 0) is 0 Å². The van der Waals surface area contributed by atoms with Crippen molar-refractivity contribution in [2.24, 2.45) is 5.73 Å². The summed E-state index contributed by atoms with van der Waals surface area (Å²) in [6.45, 7) is 0.0449. The maximum absolute atomic E-state index is 8.77. The molecule has 0 spiro atoms. The molecular formula is C9H11ClN4O. The number of fused-ring (bicyclic) bond motifs is 1. The molecule has 1 unspecified atom stereocenters. The highest BCUT2D eigenvalue weighted by Crippen LogP contribution is 2.15. The van der Waals surface area contributed by atoms with Crippen molar-refractivity contribution in [1.29, 1.82) is 0 Å². The third-order valence-electron chi connectivity index (χ3n) is 2.18. The Morgan fingerprint density at radius 2 is 2.40 bits per heavy atom. The van der Waals surface area contributed by atoms with E-state index in [1.54, 1.807) is 16.7 Å². The number of hydrogen-bond donors (Lipinski definition) is 2. The van der Waals surface area contributed by atoms with Crippen molar-refractivity contribution in [2.45, 2.75) is 12.5 Å². The van der Waals surface area contributed by atoms with Gasteiger partial charge in [0.05, 0.1) is 11.9 Å². The number of nitrogens with two attached hydrogens (primary N) is 1. The van der Waals surface area contributed by atoms with Crippen LogP contribution in [0, 0.1) is 0 Å². The van der Waals surface area contributed by atoms with E-state index in [1.807, 2.05) is 0 Å². The van der Waals surface area contributed by atoms with Gasteiger partial charge < -0.3 is 10.8 Å². The van der Waals surface area contributed by atoms with Crippen LogP contribution in [0.25, 0.3) is 5.78 Å². The number of imidazole rings is 1. The van der Waals surface area contributed by atoms with Crippen molar-refractivity contribution < 1.29 is 5.11 Å². The molecule has 2 rings (SSSR count). The average Bonchev–Trinajstić information content (AvgIpc) is 2.60. The van der Waals surface area contributed by atoms with Crippen LogP contribution in [0.1, 0.15) is 18.2 Å². The molecule has 0 saturated heterocycles. The molecule has 0 fully saturated rings. The number of nitrogens with zero attached hydrogens (tertiary/aromatic N) is 3. The molecular weight excluding hydrogens is 216 g/mol. The molecule has 6 heteroatoms. The van der Waals surface area contributed by atoms with Crippen molar-refractivity contribution in [3.63, 3.8) is 0 Å². The van der Waals surface area contributed by atoms with Gasteiger partial charge in [0, 0.05) is 18.8 Å². The average molecular weight is 227 g/mol. The lowest BCUT2D eigenvalue weighted by Gasteiger charge is -2.08. The fourth-order valence-corrected chi connectivity index (χ4v) is 1.53. The lowest BCUT2D eigenvalue weighted by Crippen LogP contribution is -2.14. The summed E-state index contributed by atoms with van der Waals surface area (Å²) in [4.78, 5) is 8.27. The monoisotopic (exact) mass is 226 g/mol. The minimum Gasteiger partial charge on any atom is -0.396 e. The van der Waals surface area contributed by atoms with Gasteiger partial charge in [0.1, 0.15) is 5.15 Å². The van der Waals surface area contributed by atoms with Crippen molar-refractivity contribution in [3.8, 4) is 0 Å². The van der Waals surface area contributed by atoms with Gasteiger partial charge in [-0.25, -0.2) is 9.97 Å². The molecule has 5 nitrogen and oxygen atoms in total. The van der Waals surface area contributed by atoms with Gasteiger partial charge in [0.2, 0.25) is 5.78 Å². The van der Waals surface area contributed by atoms with Crippen molar-refractivity contribution in [1.82, 2.24) is 14.4 Å². The molecule has 1 atom stereocenters. The zero-order valence-electron chi connectivity index (χ0n) is 7.97. The topological polar surface area (TPSA) is 76.4 Å². The second-order valence-corrected chi connectivity index (χ2v) is 3.61. The Hall–Kier alpha value is -1.17. The molecule has 0 saturated carbocycles. The number of hydrogen-bond acceptors (Lipinski definition) is 4. The van der Waals surface area contributed by atoms with Crippen LogP contribution in [0.15, 0.2) is 18.5 Å². The Morgan fingerprint density at radius 1 is 1.60 bits per heavy atom. The minimum absolute atomic E-state index is 0.0449. The standard InChI is InChI=1S/C9H11ClN4O/c10-8-5-12-9-13-7(1-3-14(8)9)6(11)2-4-15/h1,3,5-6,15H,2,4,11H2. The normalized spacial score (nSPS) is 13.3. The third-order valence-corrected chi connectivity index (χ3v) is 2.46. The van der Waals surface area contributed by atoms with Crippen molar-refractivity contribution in [3.05, 3.63) is 29.3 Å². The molecule has 0 bridgehead atoms. The first-order valence-electron chi connectivity index (χ1n) is 4.58. The molecule has 2 heterocycles. The number of aliphatic hydroxyl groups is 1. The largest absolute Gasteiger partial charge is 0.396 e. The molecule has 0 aliphatic rings. The van der Waals surface area contributed by atoms with Crippen LogP contribution in [0.2, 0.25) is 5.15 Å². The molecule has 80 valence electrons. The van der Waals surface area contributed by atoms with E-state index in [-0.39, 0.29) is 12.6 Å². The first-order chi connectivity index (χ1) is 7.22. The summed E-state index contributed by atoms with van der Waals surface area (Å²) >= 11 is 5.85. The predicted molar refractivity (Wildman–Crippen MR) is 56.6 cm³/mol. The fourth-order valence-electron chi connectivity index (χ4n) is 1.35. The highest BCUT2D eigenvalue weighted by atomic mass is 35.5. The summed E-state index contributed by atoms with van der Waals surface area (Å²) in [5.74, 6) is 0.519. The second-order valence-electron chi connectivity index (χ2n) is 3.22. The van der Waals surface area contributed by atoms with E-state index in [0.29, 0.717) is 23.0 Å². The predicted octanol–water partition coefficient (Wildman–Crippen LogP) is 0.765. The van der Waals surface area contributed by atoms with E-state index >= 15 is 0 Å². The minimum atomic E-state index is -0.268. The van der Waals surface area contributed by atoms with E-state index < -0.39 is 0 Å². The smallest absolute Gasteiger partial charge is 0.235 e. The third kappa shape index (κ3) is 1.94. The van der Waals surface area contributed by atoms with Crippen LogP contribution >= 0.6 is 11.6 Å². The van der Waals surface area contributed by atoms with Crippen LogP contribution < -0.4 is 5.73 Å². The van der Waals surface area contributed by atoms with E-state index in [2.05, 4.69) is 9.97 Å². The Labute approximate surface area is 91.5 Å². The maximum Gasteiger partial charge on any atom is 0.235 e. The first-order valence-corrected chi connectivity index (χ1v) is 4.96. The fraction of sp³-hybridized carbons (Fsp3) is 0.333. The zero-order chi connectivity index (χ0) is 10.8. The summed E-state index contributed by atoms with van der Waals surface area (Å²) in [7, 11) is 0. The van der Waals surface area contributed by atoms with E-state index in [1.165, 1.54) is 6.20 Å². The molecule has 0 amide bonds. The Balaban J connectivity index is 2.38. The summed E-state index contributed by atoms with van der Waals surface area (Å²) in [6, 6.07) is 1.51. The van der Waals surface area contributed by atoms with Gasteiger partial charge in [0.15, 0.2) is 0 Å². The highest BCUT2D eigenvalue weighted by molar-refractivity contribution is 6.29. The molecule has 0 aliphatic carbocycles. The van der Waals surface area contributed by atoms with Gasteiger partial charge >= 0.3 is 0 Å². The molecule has 0 radical (unpaired) electrons. The quantitative estimate of drug-likeness (QED) is 0.811. The number of aliphatic hydroxyl groups excluding tert-OH is 1. The van der Waals surface area contributed by atoms with Gasteiger partial charge in [0.25, 0.3) is 0 Å².